The average Bonchev–Trinajstić information content (AvgIpc) is 2.39. The van der Waals surface area contributed by atoms with Crippen molar-refractivity contribution >= 4 is 9.52 Å². The van der Waals surface area contributed by atoms with Crippen molar-refractivity contribution in [1.29, 1.82) is 0 Å². The van der Waals surface area contributed by atoms with Gasteiger partial charge in [-0.2, -0.15) is 0 Å². The molecule has 0 fully saturated rings. The van der Waals surface area contributed by atoms with Crippen molar-refractivity contribution in [2.24, 2.45) is 0 Å². The number of ether oxygens (including phenoxy) is 2. The molecule has 1 rings (SSSR count). The molecule has 4 heteroatoms. The maximum atomic E-state index is 5.19. The molecule has 0 saturated heterocycles. The molecule has 0 aliphatic rings. The highest BCUT2D eigenvalue weighted by molar-refractivity contribution is 6.36. The van der Waals surface area contributed by atoms with Crippen molar-refractivity contribution < 1.29 is 9.47 Å². The van der Waals surface area contributed by atoms with Crippen LogP contribution in [0.15, 0.2) is 30.3 Å². The first-order valence-electron chi connectivity index (χ1n) is 6.17. The summed E-state index contributed by atoms with van der Waals surface area (Å²) >= 11 is 0. The SMILES string of the molecule is COC(OC)[SiH2]CCCNCc1ccccc1. The molecule has 0 amide bonds. The van der Waals surface area contributed by atoms with Gasteiger partial charge in [0.15, 0.2) is 0 Å². The minimum absolute atomic E-state index is 0.0872. The van der Waals surface area contributed by atoms with Gasteiger partial charge in [0.2, 0.25) is 0 Å². The Hall–Kier alpha value is -0.683. The van der Waals surface area contributed by atoms with Crippen LogP contribution in [0.5, 0.6) is 0 Å². The Bertz CT molecular complexity index is 278. The summed E-state index contributed by atoms with van der Waals surface area (Å²) < 4.78 is 10.4. The first-order chi connectivity index (χ1) is 8.36. The van der Waals surface area contributed by atoms with E-state index in [4.69, 9.17) is 9.47 Å². The van der Waals surface area contributed by atoms with Crippen LogP contribution in [0.25, 0.3) is 0 Å². The number of nitrogens with one attached hydrogen (secondary N) is 1. The third kappa shape index (κ3) is 6.58. The van der Waals surface area contributed by atoms with Gasteiger partial charge in [0.1, 0.15) is 5.91 Å². The Kier molecular flexibility index (Phi) is 7.91. The fourth-order valence-electron chi connectivity index (χ4n) is 1.72. The van der Waals surface area contributed by atoms with Gasteiger partial charge < -0.3 is 14.8 Å². The predicted octanol–water partition coefficient (Wildman–Crippen LogP) is 1.33. The normalized spacial score (nSPS) is 11.7. The highest BCUT2D eigenvalue weighted by atomic mass is 28.2. The van der Waals surface area contributed by atoms with Gasteiger partial charge in [-0.3, -0.25) is 0 Å². The molecule has 0 aromatic heterocycles. The molecule has 0 atom stereocenters. The third-order valence-corrected chi connectivity index (χ3v) is 4.79. The van der Waals surface area contributed by atoms with Gasteiger partial charge >= 0.3 is 0 Å². The van der Waals surface area contributed by atoms with Crippen LogP contribution in [-0.2, 0) is 16.0 Å². The summed E-state index contributed by atoms with van der Waals surface area (Å²) in [4.78, 5) is 0. The lowest BCUT2D eigenvalue weighted by molar-refractivity contribution is -0.0441. The first kappa shape index (κ1) is 14.4. The van der Waals surface area contributed by atoms with E-state index < -0.39 is 0 Å². The van der Waals surface area contributed by atoms with Gasteiger partial charge in [-0.1, -0.05) is 36.4 Å². The minimum atomic E-state index is -0.250. The molecule has 0 heterocycles. The van der Waals surface area contributed by atoms with E-state index in [1.54, 1.807) is 14.2 Å². The lowest BCUT2D eigenvalue weighted by Gasteiger charge is -2.12. The maximum absolute atomic E-state index is 5.19. The molecular formula is C13H23NO2Si. The summed E-state index contributed by atoms with van der Waals surface area (Å²) in [5.41, 5.74) is 1.34. The van der Waals surface area contributed by atoms with Crippen molar-refractivity contribution in [1.82, 2.24) is 5.32 Å². The van der Waals surface area contributed by atoms with Crippen molar-refractivity contribution in [3.63, 3.8) is 0 Å². The van der Waals surface area contributed by atoms with E-state index in [9.17, 15) is 0 Å². The molecule has 0 spiro atoms. The van der Waals surface area contributed by atoms with E-state index >= 15 is 0 Å². The lowest BCUT2D eigenvalue weighted by atomic mass is 10.2. The van der Waals surface area contributed by atoms with Crippen LogP contribution in [-0.4, -0.2) is 36.2 Å². The molecular weight excluding hydrogens is 230 g/mol. The quantitative estimate of drug-likeness (QED) is 0.409. The first-order valence-corrected chi connectivity index (χ1v) is 7.98. The zero-order valence-electron chi connectivity index (χ0n) is 10.8. The van der Waals surface area contributed by atoms with Crippen LogP contribution in [0.3, 0.4) is 0 Å². The van der Waals surface area contributed by atoms with Crippen molar-refractivity contribution in [3.8, 4) is 0 Å². The Morgan fingerprint density at radius 1 is 1.18 bits per heavy atom. The summed E-state index contributed by atoms with van der Waals surface area (Å²) in [6.07, 6.45) is 1.21. The summed E-state index contributed by atoms with van der Waals surface area (Å²) in [6.45, 7) is 2.03. The molecule has 0 bridgehead atoms. The second kappa shape index (κ2) is 9.36. The third-order valence-electron chi connectivity index (χ3n) is 2.74. The van der Waals surface area contributed by atoms with Crippen LogP contribution in [0, 0.1) is 0 Å². The summed E-state index contributed by atoms with van der Waals surface area (Å²) in [5.74, 6) is 0.0872. The van der Waals surface area contributed by atoms with Crippen molar-refractivity contribution in [3.05, 3.63) is 35.9 Å². The van der Waals surface area contributed by atoms with Crippen molar-refractivity contribution in [2.75, 3.05) is 20.8 Å². The smallest absolute Gasteiger partial charge is 0.134 e. The van der Waals surface area contributed by atoms with E-state index in [0.29, 0.717) is 0 Å². The zero-order chi connectivity index (χ0) is 12.3. The number of methoxy groups -OCH3 is 2. The van der Waals surface area contributed by atoms with Gasteiger partial charge in [-0.05, 0) is 18.5 Å². The topological polar surface area (TPSA) is 30.5 Å². The Morgan fingerprint density at radius 2 is 1.88 bits per heavy atom. The van der Waals surface area contributed by atoms with Gasteiger partial charge in [-0.25, -0.2) is 0 Å². The summed E-state index contributed by atoms with van der Waals surface area (Å²) in [5, 5.41) is 3.45. The number of hydrogen-bond donors (Lipinski definition) is 1. The van der Waals surface area contributed by atoms with Gasteiger partial charge in [0, 0.05) is 20.8 Å². The van der Waals surface area contributed by atoms with E-state index in [1.807, 2.05) is 6.07 Å². The summed E-state index contributed by atoms with van der Waals surface area (Å²) in [6, 6.07) is 11.7. The Labute approximate surface area is 106 Å². The molecule has 1 aromatic rings. The van der Waals surface area contributed by atoms with E-state index in [1.165, 1.54) is 18.0 Å². The molecule has 3 nitrogen and oxygen atoms in total. The molecule has 1 N–H and O–H groups in total. The van der Waals surface area contributed by atoms with Gasteiger partial charge in [-0.15, -0.1) is 0 Å². The fourth-order valence-corrected chi connectivity index (χ4v) is 3.06. The van der Waals surface area contributed by atoms with Crippen molar-refractivity contribution in [2.45, 2.75) is 24.9 Å². The number of benzene rings is 1. The van der Waals surface area contributed by atoms with Gasteiger partial charge in [0.05, 0.1) is 9.52 Å². The largest absolute Gasteiger partial charge is 0.360 e. The van der Waals surface area contributed by atoms with Crippen LogP contribution in [0.2, 0.25) is 6.04 Å². The lowest BCUT2D eigenvalue weighted by Crippen LogP contribution is -2.22. The molecule has 0 saturated carbocycles. The van der Waals surface area contributed by atoms with E-state index in [0.717, 1.165) is 13.1 Å². The molecule has 0 aliphatic carbocycles. The fraction of sp³-hybridized carbons (Fsp3) is 0.538. The predicted molar refractivity (Wildman–Crippen MR) is 73.9 cm³/mol. The van der Waals surface area contributed by atoms with Gasteiger partial charge in [0.25, 0.3) is 0 Å². The highest BCUT2D eigenvalue weighted by Gasteiger charge is 2.04. The monoisotopic (exact) mass is 253 g/mol. The Morgan fingerprint density at radius 3 is 2.53 bits per heavy atom. The second-order valence-corrected chi connectivity index (χ2v) is 6.01. The molecule has 17 heavy (non-hydrogen) atoms. The standard InChI is InChI=1S/C13H23NO2Si/c1-15-13(16-2)17-10-6-9-14-11-12-7-4-3-5-8-12/h3-5,7-8,13-14H,6,9-11,17H2,1-2H3. The van der Waals surface area contributed by atoms with Crippen LogP contribution < -0.4 is 5.32 Å². The number of rotatable bonds is 9. The van der Waals surface area contributed by atoms with Crippen LogP contribution in [0.4, 0.5) is 0 Å². The van der Waals surface area contributed by atoms with Crippen LogP contribution >= 0.6 is 0 Å². The zero-order valence-corrected chi connectivity index (χ0v) is 12.2. The maximum Gasteiger partial charge on any atom is 0.134 e. The highest BCUT2D eigenvalue weighted by Crippen LogP contribution is 1.98. The summed E-state index contributed by atoms with van der Waals surface area (Å²) in [7, 11) is 3.18. The number of hydrogen-bond acceptors (Lipinski definition) is 3. The Balaban J connectivity index is 1.98. The molecule has 0 radical (unpaired) electrons. The molecule has 96 valence electrons. The molecule has 0 unspecified atom stereocenters. The molecule has 0 aliphatic heterocycles. The minimum Gasteiger partial charge on any atom is -0.360 e. The second-order valence-electron chi connectivity index (χ2n) is 4.06. The molecule has 1 aromatic carbocycles. The average molecular weight is 253 g/mol. The van der Waals surface area contributed by atoms with Crippen LogP contribution in [0.1, 0.15) is 12.0 Å². The van der Waals surface area contributed by atoms with E-state index in [2.05, 4.69) is 29.6 Å². The van der Waals surface area contributed by atoms with E-state index in [-0.39, 0.29) is 15.4 Å².